The van der Waals surface area contributed by atoms with E-state index in [4.69, 9.17) is 0 Å². The summed E-state index contributed by atoms with van der Waals surface area (Å²) in [5.74, 6) is 0.408. The van der Waals surface area contributed by atoms with Gasteiger partial charge < -0.3 is 9.80 Å². The van der Waals surface area contributed by atoms with Gasteiger partial charge in [0.15, 0.2) is 0 Å². The molecular weight excluding hydrogens is 283 g/mol. The van der Waals surface area contributed by atoms with Crippen LogP contribution in [0.3, 0.4) is 0 Å². The maximum absolute atomic E-state index is 13.0. The van der Waals surface area contributed by atoms with Gasteiger partial charge in [0.05, 0.1) is 0 Å². The highest BCUT2D eigenvalue weighted by atomic mass is 19.1. The first-order valence-corrected chi connectivity index (χ1v) is 7.37. The Balaban J connectivity index is 1.71. The molecule has 3 rings (SSSR count). The van der Waals surface area contributed by atoms with Crippen LogP contribution < -0.4 is 15.4 Å². The lowest BCUT2D eigenvalue weighted by Gasteiger charge is -2.36. The van der Waals surface area contributed by atoms with Crippen LogP contribution in [0.5, 0.6) is 0 Å². The fourth-order valence-electron chi connectivity index (χ4n) is 2.61. The lowest BCUT2D eigenvalue weighted by molar-refractivity contribution is 0.622. The van der Waals surface area contributed by atoms with Crippen LogP contribution >= 0.6 is 0 Å². The number of aromatic nitrogens is 2. The second-order valence-electron chi connectivity index (χ2n) is 5.55. The molecule has 1 saturated heterocycles. The van der Waals surface area contributed by atoms with Crippen LogP contribution in [-0.4, -0.2) is 36.1 Å². The summed E-state index contributed by atoms with van der Waals surface area (Å²) in [5, 5.41) is 0. The van der Waals surface area contributed by atoms with E-state index < -0.39 is 0 Å². The van der Waals surface area contributed by atoms with Gasteiger partial charge in [-0.15, -0.1) is 0 Å². The highest BCUT2D eigenvalue weighted by molar-refractivity contribution is 5.48. The molecule has 1 aromatic heterocycles. The van der Waals surface area contributed by atoms with Crippen molar-refractivity contribution in [3.8, 4) is 0 Å². The van der Waals surface area contributed by atoms with E-state index in [1.54, 1.807) is 19.1 Å². The summed E-state index contributed by atoms with van der Waals surface area (Å²) >= 11 is 0. The monoisotopic (exact) mass is 302 g/mol. The van der Waals surface area contributed by atoms with Crippen LogP contribution in [0.15, 0.2) is 29.1 Å². The van der Waals surface area contributed by atoms with Crippen LogP contribution in [0, 0.1) is 19.7 Å². The van der Waals surface area contributed by atoms with E-state index in [0.29, 0.717) is 11.5 Å². The normalized spacial score (nSPS) is 15.2. The molecule has 5 nitrogen and oxygen atoms in total. The van der Waals surface area contributed by atoms with Crippen molar-refractivity contribution in [2.45, 2.75) is 13.8 Å². The molecule has 1 fully saturated rings. The number of aryl methyl sites for hydroxylation is 1. The number of aromatic amines is 1. The van der Waals surface area contributed by atoms with Crippen molar-refractivity contribution in [3.05, 3.63) is 51.7 Å². The Labute approximate surface area is 128 Å². The molecule has 2 aromatic rings. The Kier molecular flexibility index (Phi) is 3.83. The van der Waals surface area contributed by atoms with Gasteiger partial charge in [0.2, 0.25) is 5.95 Å². The Hall–Kier alpha value is -2.37. The molecule has 0 atom stereocenters. The lowest BCUT2D eigenvalue weighted by Crippen LogP contribution is -2.47. The molecule has 6 heteroatoms. The minimum absolute atomic E-state index is 0.0801. The topological polar surface area (TPSA) is 52.2 Å². The number of rotatable bonds is 2. The predicted octanol–water partition coefficient (Wildman–Crippen LogP) is 1.85. The van der Waals surface area contributed by atoms with E-state index in [0.717, 1.165) is 37.6 Å². The molecule has 1 N–H and O–H groups in total. The largest absolute Gasteiger partial charge is 0.368 e. The summed E-state index contributed by atoms with van der Waals surface area (Å²) in [6.45, 7) is 6.77. The zero-order chi connectivity index (χ0) is 15.7. The quantitative estimate of drug-likeness (QED) is 0.920. The SMILES string of the molecule is Cc1nc(N2CCN(c3ccc(F)cc3)CC2)[nH]c(=O)c1C. The van der Waals surface area contributed by atoms with Gasteiger partial charge in [-0.2, -0.15) is 0 Å². The molecule has 22 heavy (non-hydrogen) atoms. The van der Waals surface area contributed by atoms with Crippen LogP contribution in [0.1, 0.15) is 11.3 Å². The highest BCUT2D eigenvalue weighted by Crippen LogP contribution is 2.18. The van der Waals surface area contributed by atoms with Crippen LogP contribution in [0.4, 0.5) is 16.0 Å². The zero-order valence-corrected chi connectivity index (χ0v) is 12.8. The smallest absolute Gasteiger partial charge is 0.255 e. The molecular formula is C16H19FN4O. The van der Waals surface area contributed by atoms with Gasteiger partial charge in [0.25, 0.3) is 5.56 Å². The lowest BCUT2D eigenvalue weighted by atomic mass is 10.2. The highest BCUT2D eigenvalue weighted by Gasteiger charge is 2.19. The first-order chi connectivity index (χ1) is 10.5. The van der Waals surface area contributed by atoms with E-state index in [9.17, 15) is 9.18 Å². The van der Waals surface area contributed by atoms with Crippen LogP contribution in [0.2, 0.25) is 0 Å². The summed E-state index contributed by atoms with van der Waals surface area (Å²) in [6, 6.07) is 6.54. The summed E-state index contributed by atoms with van der Waals surface area (Å²) in [7, 11) is 0. The molecule has 1 aliphatic heterocycles. The minimum atomic E-state index is -0.223. The second-order valence-corrected chi connectivity index (χ2v) is 5.55. The molecule has 2 heterocycles. The zero-order valence-electron chi connectivity index (χ0n) is 12.8. The molecule has 116 valence electrons. The summed E-state index contributed by atoms with van der Waals surface area (Å²) in [4.78, 5) is 23.4. The maximum atomic E-state index is 13.0. The van der Waals surface area contributed by atoms with E-state index >= 15 is 0 Å². The van der Waals surface area contributed by atoms with E-state index in [2.05, 4.69) is 19.8 Å². The molecule has 0 radical (unpaired) electrons. The average Bonchev–Trinajstić information content (AvgIpc) is 2.53. The summed E-state index contributed by atoms with van der Waals surface area (Å²) < 4.78 is 13.0. The first-order valence-electron chi connectivity index (χ1n) is 7.37. The van der Waals surface area contributed by atoms with E-state index in [1.807, 2.05) is 6.92 Å². The van der Waals surface area contributed by atoms with Crippen molar-refractivity contribution in [1.29, 1.82) is 0 Å². The minimum Gasteiger partial charge on any atom is -0.368 e. The van der Waals surface area contributed by atoms with Gasteiger partial charge in [-0.25, -0.2) is 9.37 Å². The average molecular weight is 302 g/mol. The number of piperazine rings is 1. The van der Waals surface area contributed by atoms with Crippen molar-refractivity contribution in [1.82, 2.24) is 9.97 Å². The predicted molar refractivity (Wildman–Crippen MR) is 85.2 cm³/mol. The number of hydrogen-bond donors (Lipinski definition) is 1. The third-order valence-electron chi connectivity index (χ3n) is 4.15. The fraction of sp³-hybridized carbons (Fsp3) is 0.375. The number of benzene rings is 1. The van der Waals surface area contributed by atoms with Gasteiger partial charge in [-0.3, -0.25) is 9.78 Å². The molecule has 0 saturated carbocycles. The Bertz CT molecular complexity index is 718. The van der Waals surface area contributed by atoms with Crippen molar-refractivity contribution in [3.63, 3.8) is 0 Å². The Morgan fingerprint density at radius 2 is 1.64 bits per heavy atom. The Morgan fingerprint density at radius 3 is 2.23 bits per heavy atom. The molecule has 0 amide bonds. The van der Waals surface area contributed by atoms with Crippen LogP contribution in [0.25, 0.3) is 0 Å². The number of halogens is 1. The molecule has 0 spiro atoms. The number of nitrogens with one attached hydrogen (secondary N) is 1. The second kappa shape index (κ2) is 5.79. The Morgan fingerprint density at radius 1 is 1.05 bits per heavy atom. The summed E-state index contributed by atoms with van der Waals surface area (Å²) in [5.41, 5.74) is 2.36. The summed E-state index contributed by atoms with van der Waals surface area (Å²) in [6.07, 6.45) is 0. The number of H-pyrrole nitrogens is 1. The molecule has 0 bridgehead atoms. The van der Waals surface area contributed by atoms with Crippen molar-refractivity contribution >= 4 is 11.6 Å². The standard InChI is InChI=1S/C16H19FN4O/c1-11-12(2)18-16(19-15(11)22)21-9-7-20(8-10-21)14-5-3-13(17)4-6-14/h3-6H,7-10H2,1-2H3,(H,18,19,22). The number of anilines is 2. The maximum Gasteiger partial charge on any atom is 0.255 e. The van der Waals surface area contributed by atoms with E-state index in [-0.39, 0.29) is 11.4 Å². The van der Waals surface area contributed by atoms with E-state index in [1.165, 1.54) is 12.1 Å². The molecule has 0 aliphatic carbocycles. The first kappa shape index (κ1) is 14.6. The number of hydrogen-bond acceptors (Lipinski definition) is 4. The molecule has 1 aliphatic rings. The van der Waals surface area contributed by atoms with Crippen molar-refractivity contribution in [2.24, 2.45) is 0 Å². The third kappa shape index (κ3) is 2.81. The van der Waals surface area contributed by atoms with Crippen molar-refractivity contribution in [2.75, 3.05) is 36.0 Å². The van der Waals surface area contributed by atoms with Gasteiger partial charge in [0, 0.05) is 43.1 Å². The molecule has 0 unspecified atom stereocenters. The third-order valence-corrected chi connectivity index (χ3v) is 4.15. The number of nitrogens with zero attached hydrogens (tertiary/aromatic N) is 3. The van der Waals surface area contributed by atoms with Gasteiger partial charge in [-0.05, 0) is 38.1 Å². The van der Waals surface area contributed by atoms with Gasteiger partial charge in [0.1, 0.15) is 5.82 Å². The fourth-order valence-corrected chi connectivity index (χ4v) is 2.61. The van der Waals surface area contributed by atoms with Crippen molar-refractivity contribution < 1.29 is 4.39 Å². The van der Waals surface area contributed by atoms with Crippen LogP contribution in [-0.2, 0) is 0 Å². The van der Waals surface area contributed by atoms with Gasteiger partial charge >= 0.3 is 0 Å². The molecule has 1 aromatic carbocycles. The van der Waals surface area contributed by atoms with Gasteiger partial charge in [-0.1, -0.05) is 0 Å².